The zero-order chi connectivity index (χ0) is 7.44. The van der Waals surface area contributed by atoms with Crippen LogP contribution in [0.2, 0.25) is 0 Å². The Labute approximate surface area is 47.9 Å². The Balaban J connectivity index is 3.63. The third-order valence-electron chi connectivity index (χ3n) is 0.646. The number of carboxylic acid groups (broad SMARTS) is 1. The molecule has 0 spiro atoms. The van der Waals surface area contributed by atoms with Crippen molar-refractivity contribution in [3.63, 3.8) is 0 Å². The highest BCUT2D eigenvalue weighted by atomic mass is 16.4. The van der Waals surface area contributed by atoms with Crippen LogP contribution >= 0.6 is 0 Å². The molecule has 0 saturated heterocycles. The summed E-state index contributed by atoms with van der Waals surface area (Å²) in [5, 5.41) is 10.0. The standard InChI is InChI=1S/C4H7NO3/c1-3(4(7)8)5-2-6/h2-3H,1H3,(H,5,6)(H,7,8)/i2D. The van der Waals surface area contributed by atoms with Gasteiger partial charge in [0, 0.05) is 0 Å². The van der Waals surface area contributed by atoms with E-state index in [1.807, 2.05) is 5.32 Å². The molecule has 0 aliphatic heterocycles. The maximum atomic E-state index is 9.94. The van der Waals surface area contributed by atoms with E-state index in [-0.39, 0.29) is 0 Å². The third kappa shape index (κ3) is 2.17. The molecule has 4 heteroatoms. The Morgan fingerprint density at radius 3 is 2.75 bits per heavy atom. The maximum absolute atomic E-state index is 9.94. The van der Waals surface area contributed by atoms with Crippen LogP contribution in [0.3, 0.4) is 0 Å². The number of amides is 1. The van der Waals surface area contributed by atoms with Gasteiger partial charge < -0.3 is 10.4 Å². The molecule has 0 fully saturated rings. The van der Waals surface area contributed by atoms with Gasteiger partial charge in [-0.25, -0.2) is 0 Å². The number of aliphatic carboxylic acids is 1. The molecule has 0 aliphatic rings. The molecule has 8 heavy (non-hydrogen) atoms. The average molecular weight is 118 g/mol. The summed E-state index contributed by atoms with van der Waals surface area (Å²) in [4.78, 5) is 19.8. The quantitative estimate of drug-likeness (QED) is 0.467. The Morgan fingerprint density at radius 1 is 2.12 bits per heavy atom. The maximum Gasteiger partial charge on any atom is 0.325 e. The molecule has 46 valence electrons. The summed E-state index contributed by atoms with van der Waals surface area (Å²) in [6, 6.07) is -0.977. The largest absolute Gasteiger partial charge is 0.480 e. The number of carboxylic acids is 1. The molecule has 1 amide bonds. The van der Waals surface area contributed by atoms with E-state index < -0.39 is 18.4 Å². The van der Waals surface area contributed by atoms with Gasteiger partial charge in [-0.1, -0.05) is 0 Å². The molecule has 0 aromatic carbocycles. The van der Waals surface area contributed by atoms with Gasteiger partial charge in [-0.15, -0.1) is 0 Å². The van der Waals surface area contributed by atoms with Gasteiger partial charge in [0.2, 0.25) is 6.39 Å². The Hall–Kier alpha value is -1.06. The van der Waals surface area contributed by atoms with Crippen molar-refractivity contribution in [2.45, 2.75) is 13.0 Å². The lowest BCUT2D eigenvalue weighted by Crippen LogP contribution is -2.32. The molecule has 0 aromatic rings. The molecule has 0 radical (unpaired) electrons. The van der Waals surface area contributed by atoms with Gasteiger partial charge in [0.05, 0.1) is 0 Å². The predicted octanol–water partition coefficient (Wildman–Crippen LogP) is -0.795. The average Bonchev–Trinajstić information content (AvgIpc) is 1.63. The van der Waals surface area contributed by atoms with Gasteiger partial charge in [0.25, 0.3) is 0 Å². The second kappa shape index (κ2) is 3.01. The second-order valence-electron chi connectivity index (χ2n) is 1.31. The van der Waals surface area contributed by atoms with E-state index in [4.69, 9.17) is 6.48 Å². The van der Waals surface area contributed by atoms with E-state index in [0.717, 1.165) is 0 Å². The van der Waals surface area contributed by atoms with Crippen LogP contribution < -0.4 is 5.32 Å². The number of hydrogen-bond donors (Lipinski definition) is 2. The lowest BCUT2D eigenvalue weighted by atomic mass is 10.4. The highest BCUT2D eigenvalue weighted by Gasteiger charge is 2.06. The highest BCUT2D eigenvalue weighted by Crippen LogP contribution is 1.75. The number of rotatable bonds is 2. The van der Waals surface area contributed by atoms with Crippen molar-refractivity contribution >= 4 is 12.4 Å². The second-order valence-corrected chi connectivity index (χ2v) is 1.31. The van der Waals surface area contributed by atoms with Gasteiger partial charge in [0.1, 0.15) is 7.41 Å². The van der Waals surface area contributed by atoms with Gasteiger partial charge in [-0.3, -0.25) is 9.59 Å². The van der Waals surface area contributed by atoms with Gasteiger partial charge >= 0.3 is 5.97 Å². The zero-order valence-electron chi connectivity index (χ0n) is 5.34. The summed E-state index contributed by atoms with van der Waals surface area (Å²) >= 11 is 0. The molecule has 0 bridgehead atoms. The van der Waals surface area contributed by atoms with E-state index in [1.54, 1.807) is 0 Å². The van der Waals surface area contributed by atoms with Crippen LogP contribution in [0.5, 0.6) is 0 Å². The van der Waals surface area contributed by atoms with Crippen molar-refractivity contribution in [1.29, 1.82) is 0 Å². The molecule has 0 heterocycles. The summed E-state index contributed by atoms with van der Waals surface area (Å²) in [6.07, 6.45) is -1.08. The van der Waals surface area contributed by atoms with E-state index in [0.29, 0.717) is 0 Å². The van der Waals surface area contributed by atoms with Crippen molar-refractivity contribution < 1.29 is 16.1 Å². The van der Waals surface area contributed by atoms with Crippen LogP contribution in [0.25, 0.3) is 0 Å². The van der Waals surface area contributed by atoms with Crippen molar-refractivity contribution in [2.24, 2.45) is 0 Å². The lowest BCUT2D eigenvalue weighted by Gasteiger charge is -2.00. The van der Waals surface area contributed by atoms with Gasteiger partial charge in [-0.2, -0.15) is 0 Å². The van der Waals surface area contributed by atoms with Gasteiger partial charge in [-0.05, 0) is 6.92 Å². The van der Waals surface area contributed by atoms with E-state index in [2.05, 4.69) is 0 Å². The fourth-order valence-electron chi connectivity index (χ4n) is 0.150. The van der Waals surface area contributed by atoms with Crippen molar-refractivity contribution in [3.05, 3.63) is 0 Å². The molecule has 1 unspecified atom stereocenters. The van der Waals surface area contributed by atoms with E-state index in [9.17, 15) is 9.59 Å². The monoisotopic (exact) mass is 118 g/mol. The SMILES string of the molecule is [2H]C(=O)NC(C)C(=O)O. The molecular weight excluding hydrogens is 110 g/mol. The first kappa shape index (κ1) is 5.08. The highest BCUT2D eigenvalue weighted by molar-refractivity contribution is 5.75. The van der Waals surface area contributed by atoms with Gasteiger partial charge in [0.15, 0.2) is 0 Å². The van der Waals surface area contributed by atoms with E-state index in [1.165, 1.54) is 6.92 Å². The number of nitrogens with one attached hydrogen (secondary N) is 1. The van der Waals surface area contributed by atoms with Crippen LogP contribution in [0.4, 0.5) is 0 Å². The first-order valence-electron chi connectivity index (χ1n) is 2.54. The molecule has 0 saturated carbocycles. The van der Waals surface area contributed by atoms with Crippen LogP contribution in [0.15, 0.2) is 0 Å². The summed E-state index contributed by atoms with van der Waals surface area (Å²) in [7, 11) is 0. The molecule has 4 nitrogen and oxygen atoms in total. The van der Waals surface area contributed by atoms with Crippen molar-refractivity contribution in [1.82, 2.24) is 5.32 Å². The third-order valence-corrected chi connectivity index (χ3v) is 0.646. The summed E-state index contributed by atoms with van der Waals surface area (Å²) in [6.45, 7) is 1.29. The number of carbonyl (C=O) groups is 2. The topological polar surface area (TPSA) is 66.4 Å². The van der Waals surface area contributed by atoms with Crippen LogP contribution in [0, 0.1) is 0 Å². The normalized spacial score (nSPS) is 13.9. The van der Waals surface area contributed by atoms with Crippen molar-refractivity contribution in [2.75, 3.05) is 0 Å². The minimum atomic E-state index is -1.14. The Kier molecular flexibility index (Phi) is 1.91. The molecular formula is C4H7NO3. The smallest absolute Gasteiger partial charge is 0.325 e. The predicted molar refractivity (Wildman–Crippen MR) is 26.3 cm³/mol. The molecule has 2 N–H and O–H groups in total. The fraction of sp³-hybridized carbons (Fsp3) is 0.500. The molecule has 0 aliphatic carbocycles. The van der Waals surface area contributed by atoms with Crippen molar-refractivity contribution in [3.8, 4) is 0 Å². The molecule has 1 atom stereocenters. The van der Waals surface area contributed by atoms with Crippen LogP contribution in [-0.2, 0) is 9.59 Å². The summed E-state index contributed by atoms with van der Waals surface area (Å²) < 4.78 is 6.29. The first-order valence-corrected chi connectivity index (χ1v) is 2.04. The van der Waals surface area contributed by atoms with E-state index >= 15 is 0 Å². The lowest BCUT2D eigenvalue weighted by molar-refractivity contribution is -0.140. The fourth-order valence-corrected chi connectivity index (χ4v) is 0.150. The summed E-state index contributed by atoms with van der Waals surface area (Å²) in [5.74, 6) is -1.14. The number of carbonyl (C=O) groups excluding carboxylic acids is 1. The Bertz CT molecular complexity index is 136. The first-order chi connectivity index (χ1) is 4.04. The number of hydrogen-bond acceptors (Lipinski definition) is 2. The summed E-state index contributed by atoms with van der Waals surface area (Å²) in [5.41, 5.74) is 0. The minimum absolute atomic E-state index is 0.977. The molecule has 0 rings (SSSR count). The van der Waals surface area contributed by atoms with Crippen LogP contribution in [0.1, 0.15) is 8.29 Å². The minimum Gasteiger partial charge on any atom is -0.480 e. The molecule has 0 aromatic heterocycles. The Morgan fingerprint density at radius 2 is 2.62 bits per heavy atom. The zero-order valence-corrected chi connectivity index (χ0v) is 4.34. The van der Waals surface area contributed by atoms with Crippen LogP contribution in [-0.4, -0.2) is 23.5 Å².